The van der Waals surface area contributed by atoms with Crippen molar-refractivity contribution in [2.45, 2.75) is 39.3 Å². The van der Waals surface area contributed by atoms with Crippen LogP contribution in [0.4, 0.5) is 5.13 Å². The molecule has 0 amide bonds. The summed E-state index contributed by atoms with van der Waals surface area (Å²) in [6.45, 7) is 5.96. The topological polar surface area (TPSA) is 36.4 Å². The van der Waals surface area contributed by atoms with Crippen molar-refractivity contribution in [2.75, 3.05) is 24.0 Å². The van der Waals surface area contributed by atoms with Gasteiger partial charge in [-0.15, -0.1) is 0 Å². The minimum atomic E-state index is -0.421. The van der Waals surface area contributed by atoms with Crippen molar-refractivity contribution in [2.24, 2.45) is 0 Å². The predicted octanol–water partition coefficient (Wildman–Crippen LogP) is 3.08. The molecular weight excluding hydrogens is 252 g/mol. The number of thioether (sulfide) groups is 1. The van der Waals surface area contributed by atoms with Crippen LogP contribution in [-0.4, -0.2) is 35.2 Å². The Morgan fingerprint density at radius 3 is 2.59 bits per heavy atom. The highest BCUT2D eigenvalue weighted by atomic mass is 32.2. The van der Waals surface area contributed by atoms with Crippen LogP contribution in [0.5, 0.6) is 0 Å². The molecule has 0 fully saturated rings. The Morgan fingerprint density at radius 2 is 2.18 bits per heavy atom. The molecule has 1 rings (SSSR count). The summed E-state index contributed by atoms with van der Waals surface area (Å²) in [4.78, 5) is 7.77. The van der Waals surface area contributed by atoms with Gasteiger partial charge in [-0.1, -0.05) is 18.3 Å². The van der Waals surface area contributed by atoms with Gasteiger partial charge in [-0.3, -0.25) is 0 Å². The second-order valence-electron chi connectivity index (χ2n) is 4.25. The average molecular weight is 274 g/mol. The summed E-state index contributed by atoms with van der Waals surface area (Å²) < 4.78 is 0. The van der Waals surface area contributed by atoms with Crippen molar-refractivity contribution in [3.8, 4) is 0 Å². The number of hydrogen-bond acceptors (Lipinski definition) is 5. The van der Waals surface area contributed by atoms with Crippen LogP contribution in [0.2, 0.25) is 0 Å². The van der Waals surface area contributed by atoms with Gasteiger partial charge in [-0.25, -0.2) is 4.98 Å². The molecule has 0 saturated heterocycles. The summed E-state index contributed by atoms with van der Waals surface area (Å²) >= 11 is 3.46. The molecule has 5 heteroatoms. The monoisotopic (exact) mass is 274 g/mol. The van der Waals surface area contributed by atoms with Crippen LogP contribution in [0.15, 0.2) is 0 Å². The van der Waals surface area contributed by atoms with Crippen molar-refractivity contribution in [1.82, 2.24) is 4.98 Å². The first kappa shape index (κ1) is 14.8. The van der Waals surface area contributed by atoms with Gasteiger partial charge in [-0.05, 0) is 26.5 Å². The first-order valence-electron chi connectivity index (χ1n) is 5.88. The Kier molecular flexibility index (Phi) is 5.76. The summed E-state index contributed by atoms with van der Waals surface area (Å²) in [5.74, 6) is 1.11. The molecule has 0 aromatic carbocycles. The van der Waals surface area contributed by atoms with Crippen LogP contribution in [-0.2, 0) is 0 Å². The molecule has 3 nitrogen and oxygen atoms in total. The zero-order valence-corrected chi connectivity index (χ0v) is 12.9. The van der Waals surface area contributed by atoms with Crippen molar-refractivity contribution in [3.63, 3.8) is 0 Å². The first-order valence-corrected chi connectivity index (χ1v) is 8.09. The Balaban J connectivity index is 2.88. The summed E-state index contributed by atoms with van der Waals surface area (Å²) in [6, 6.07) is 0.511. The van der Waals surface area contributed by atoms with Gasteiger partial charge in [0, 0.05) is 18.8 Å². The molecule has 1 heterocycles. The van der Waals surface area contributed by atoms with Crippen LogP contribution in [0.25, 0.3) is 0 Å². The number of thiazole rings is 1. The first-order chi connectivity index (χ1) is 8.01. The molecule has 1 aromatic rings. The normalized spacial score (nSPS) is 14.7. The van der Waals surface area contributed by atoms with E-state index in [2.05, 4.69) is 30.1 Å². The molecule has 0 saturated carbocycles. The van der Waals surface area contributed by atoms with Crippen molar-refractivity contribution < 1.29 is 5.11 Å². The molecule has 1 aromatic heterocycles. The number of aromatic nitrogens is 1. The minimum Gasteiger partial charge on any atom is -0.388 e. The lowest BCUT2D eigenvalue weighted by atomic mass is 10.2. The fourth-order valence-corrected chi connectivity index (χ4v) is 3.66. The predicted molar refractivity (Wildman–Crippen MR) is 78.3 cm³/mol. The maximum absolute atomic E-state index is 9.65. The molecule has 0 aliphatic rings. The standard InChI is InChI=1S/C12H22N2OS2/c1-6-10(7-16-5)14(4)12-13-8(2)11(17-12)9(3)15/h9-10,15H,6-7H2,1-5H3. The van der Waals surface area contributed by atoms with Gasteiger partial charge < -0.3 is 10.0 Å². The Hall–Kier alpha value is -0.260. The molecule has 0 radical (unpaired) electrons. The van der Waals surface area contributed by atoms with Gasteiger partial charge in [0.05, 0.1) is 16.7 Å². The van der Waals surface area contributed by atoms with Crippen LogP contribution in [0.3, 0.4) is 0 Å². The average Bonchev–Trinajstić information content (AvgIpc) is 2.67. The molecule has 0 aliphatic heterocycles. The highest BCUT2D eigenvalue weighted by molar-refractivity contribution is 7.98. The van der Waals surface area contributed by atoms with Gasteiger partial charge in [0.2, 0.25) is 0 Å². The van der Waals surface area contributed by atoms with E-state index in [4.69, 9.17) is 0 Å². The molecule has 2 unspecified atom stereocenters. The van der Waals surface area contributed by atoms with E-state index in [1.807, 2.05) is 18.7 Å². The van der Waals surface area contributed by atoms with Crippen molar-refractivity contribution >= 4 is 28.2 Å². The number of anilines is 1. The fraction of sp³-hybridized carbons (Fsp3) is 0.750. The van der Waals surface area contributed by atoms with Gasteiger partial charge >= 0.3 is 0 Å². The smallest absolute Gasteiger partial charge is 0.185 e. The number of rotatable bonds is 6. The van der Waals surface area contributed by atoms with Gasteiger partial charge in [0.25, 0.3) is 0 Å². The van der Waals surface area contributed by atoms with E-state index in [0.717, 1.165) is 27.9 Å². The Morgan fingerprint density at radius 1 is 1.53 bits per heavy atom. The fourth-order valence-electron chi connectivity index (χ4n) is 1.78. The van der Waals surface area contributed by atoms with E-state index in [9.17, 15) is 5.11 Å². The van der Waals surface area contributed by atoms with Crippen LogP contribution >= 0.6 is 23.1 Å². The van der Waals surface area contributed by atoms with E-state index in [0.29, 0.717) is 6.04 Å². The summed E-state index contributed by atoms with van der Waals surface area (Å²) in [6.07, 6.45) is 2.82. The summed E-state index contributed by atoms with van der Waals surface area (Å²) in [7, 11) is 2.09. The highest BCUT2D eigenvalue weighted by Gasteiger charge is 2.19. The molecular formula is C12H22N2OS2. The maximum atomic E-state index is 9.65. The lowest BCUT2D eigenvalue weighted by molar-refractivity contribution is 0.202. The Labute approximate surface area is 112 Å². The second-order valence-corrected chi connectivity index (χ2v) is 6.17. The van der Waals surface area contributed by atoms with Crippen LogP contribution in [0, 0.1) is 6.92 Å². The molecule has 0 spiro atoms. The quantitative estimate of drug-likeness (QED) is 0.865. The molecule has 0 bridgehead atoms. The summed E-state index contributed by atoms with van der Waals surface area (Å²) in [5.41, 5.74) is 0.950. The van der Waals surface area contributed by atoms with Crippen LogP contribution in [0.1, 0.15) is 36.9 Å². The van der Waals surface area contributed by atoms with E-state index >= 15 is 0 Å². The lowest BCUT2D eigenvalue weighted by Crippen LogP contribution is -2.33. The van der Waals surface area contributed by atoms with Gasteiger partial charge in [-0.2, -0.15) is 11.8 Å². The second kappa shape index (κ2) is 6.61. The minimum absolute atomic E-state index is 0.421. The number of nitrogens with zero attached hydrogens (tertiary/aromatic N) is 2. The highest BCUT2D eigenvalue weighted by Crippen LogP contribution is 2.31. The van der Waals surface area contributed by atoms with E-state index in [1.165, 1.54) is 0 Å². The maximum Gasteiger partial charge on any atom is 0.185 e. The summed E-state index contributed by atoms with van der Waals surface area (Å²) in [5, 5.41) is 10.7. The van der Waals surface area contributed by atoms with Gasteiger partial charge in [0.1, 0.15) is 0 Å². The van der Waals surface area contributed by atoms with Crippen molar-refractivity contribution in [1.29, 1.82) is 0 Å². The lowest BCUT2D eigenvalue weighted by Gasteiger charge is -2.26. The van der Waals surface area contributed by atoms with E-state index in [1.54, 1.807) is 18.3 Å². The zero-order valence-electron chi connectivity index (χ0n) is 11.2. The molecule has 0 aliphatic carbocycles. The molecule has 17 heavy (non-hydrogen) atoms. The number of aliphatic hydroxyl groups excluding tert-OH is 1. The third-order valence-electron chi connectivity index (χ3n) is 2.88. The molecule has 2 atom stereocenters. The molecule has 1 N–H and O–H groups in total. The third-order valence-corrected chi connectivity index (χ3v) is 5.02. The Bertz CT molecular complexity index is 352. The largest absolute Gasteiger partial charge is 0.388 e. The number of aliphatic hydroxyl groups is 1. The van der Waals surface area contributed by atoms with Gasteiger partial charge in [0.15, 0.2) is 5.13 Å². The number of hydrogen-bond donors (Lipinski definition) is 1. The molecule has 98 valence electrons. The van der Waals surface area contributed by atoms with E-state index in [-0.39, 0.29) is 0 Å². The zero-order chi connectivity index (χ0) is 13.0. The third kappa shape index (κ3) is 3.60. The van der Waals surface area contributed by atoms with Crippen molar-refractivity contribution in [3.05, 3.63) is 10.6 Å². The van der Waals surface area contributed by atoms with Crippen LogP contribution < -0.4 is 4.90 Å². The number of aryl methyl sites for hydroxylation is 1. The SMILES string of the molecule is CCC(CSC)N(C)c1nc(C)c(C(C)O)s1. The van der Waals surface area contributed by atoms with E-state index < -0.39 is 6.10 Å².